The van der Waals surface area contributed by atoms with Gasteiger partial charge in [-0.3, -0.25) is 18.6 Å². The third-order valence-electron chi connectivity index (χ3n) is 3.50. The summed E-state index contributed by atoms with van der Waals surface area (Å²) in [6.45, 7) is 12.2. The van der Waals surface area contributed by atoms with Gasteiger partial charge in [-0.15, -0.1) is 11.8 Å². The minimum atomic E-state index is -4.34. The van der Waals surface area contributed by atoms with Gasteiger partial charge >= 0.3 is 7.82 Å². The number of carbonyl (C=O) groups is 2. The Balaban J connectivity index is 4.35. The standard InChI is InChI=1S/C18H36IN2O7PS/c1-16(2,3)28-29(25,26)27-12-17(4,5)14(23)15(24)21-9-8-13(22)20-10-11-30-18(6,7)19/h14,23H,8-12H2,1-7H3,(H,20,22)(H,21,24)(H,25,26). The lowest BCUT2D eigenvalue weighted by molar-refractivity contribution is -0.137. The van der Waals surface area contributed by atoms with E-state index in [1.54, 1.807) is 32.5 Å². The number of carbonyl (C=O) groups excluding carboxylic acids is 2. The number of rotatable bonds is 13. The molecule has 30 heavy (non-hydrogen) atoms. The van der Waals surface area contributed by atoms with Crippen LogP contribution in [0.2, 0.25) is 0 Å². The predicted molar refractivity (Wildman–Crippen MR) is 128 cm³/mol. The first-order valence-corrected chi connectivity index (χ1v) is 13.1. The molecule has 0 aromatic heterocycles. The molecule has 4 N–H and O–H groups in total. The summed E-state index contributed by atoms with van der Waals surface area (Å²) < 4.78 is 22.0. The van der Waals surface area contributed by atoms with Gasteiger partial charge < -0.3 is 20.6 Å². The van der Waals surface area contributed by atoms with E-state index in [0.29, 0.717) is 6.54 Å². The van der Waals surface area contributed by atoms with Crippen molar-refractivity contribution in [2.45, 2.75) is 69.3 Å². The first-order chi connectivity index (χ1) is 13.3. The summed E-state index contributed by atoms with van der Waals surface area (Å²) in [4.78, 5) is 33.7. The second kappa shape index (κ2) is 12.4. The highest BCUT2D eigenvalue weighted by Crippen LogP contribution is 2.48. The van der Waals surface area contributed by atoms with Gasteiger partial charge in [0.15, 0.2) is 0 Å². The van der Waals surface area contributed by atoms with Gasteiger partial charge in [0.25, 0.3) is 0 Å². The van der Waals surface area contributed by atoms with Gasteiger partial charge in [-0.1, -0.05) is 36.4 Å². The number of aliphatic hydroxyl groups excluding tert-OH is 1. The van der Waals surface area contributed by atoms with E-state index in [0.717, 1.165) is 5.75 Å². The Bertz CT molecular complexity index is 621. The highest BCUT2D eigenvalue weighted by molar-refractivity contribution is 14.1. The average Bonchev–Trinajstić information content (AvgIpc) is 2.53. The molecule has 2 atom stereocenters. The summed E-state index contributed by atoms with van der Waals surface area (Å²) in [6, 6.07) is 0. The number of phosphoric acid groups is 1. The van der Waals surface area contributed by atoms with Crippen molar-refractivity contribution >= 4 is 54.0 Å². The van der Waals surface area contributed by atoms with Gasteiger partial charge in [-0.05, 0) is 34.6 Å². The number of aliphatic hydroxyl groups is 1. The van der Waals surface area contributed by atoms with Crippen molar-refractivity contribution in [3.63, 3.8) is 0 Å². The summed E-state index contributed by atoms with van der Waals surface area (Å²) in [7, 11) is -4.34. The number of alkyl halides is 1. The van der Waals surface area contributed by atoms with Crippen LogP contribution < -0.4 is 10.6 Å². The van der Waals surface area contributed by atoms with Crippen LogP contribution in [0.25, 0.3) is 0 Å². The summed E-state index contributed by atoms with van der Waals surface area (Å²) in [5, 5.41) is 15.6. The fourth-order valence-corrected chi connectivity index (χ4v) is 4.61. The molecule has 0 bridgehead atoms. The molecule has 9 nitrogen and oxygen atoms in total. The van der Waals surface area contributed by atoms with E-state index in [1.807, 2.05) is 0 Å². The maximum atomic E-state index is 12.2. The quantitative estimate of drug-likeness (QED) is 0.113. The van der Waals surface area contributed by atoms with Crippen LogP contribution in [0.5, 0.6) is 0 Å². The Morgan fingerprint density at radius 2 is 1.67 bits per heavy atom. The number of hydrogen-bond acceptors (Lipinski definition) is 7. The molecular weight excluding hydrogens is 546 g/mol. The van der Waals surface area contributed by atoms with E-state index in [1.165, 1.54) is 13.8 Å². The summed E-state index contributed by atoms with van der Waals surface area (Å²) in [6.07, 6.45) is -1.42. The second-order valence-corrected chi connectivity index (χ2v) is 15.5. The molecule has 0 fully saturated rings. The Morgan fingerprint density at radius 1 is 1.10 bits per heavy atom. The van der Waals surface area contributed by atoms with Gasteiger partial charge in [0.2, 0.25) is 11.8 Å². The molecule has 0 heterocycles. The summed E-state index contributed by atoms with van der Waals surface area (Å²) >= 11 is 4.06. The molecule has 0 aromatic rings. The van der Waals surface area contributed by atoms with Crippen LogP contribution in [-0.4, -0.2) is 61.7 Å². The number of phosphoric ester groups is 1. The van der Waals surface area contributed by atoms with E-state index in [9.17, 15) is 24.2 Å². The highest BCUT2D eigenvalue weighted by Gasteiger charge is 2.38. The van der Waals surface area contributed by atoms with Crippen molar-refractivity contribution in [2.75, 3.05) is 25.4 Å². The molecule has 0 aliphatic rings. The molecule has 12 heteroatoms. The lowest BCUT2D eigenvalue weighted by Crippen LogP contribution is -2.46. The summed E-state index contributed by atoms with van der Waals surface area (Å²) in [5.41, 5.74) is -2.05. The van der Waals surface area contributed by atoms with Crippen molar-refractivity contribution in [1.82, 2.24) is 10.6 Å². The first kappa shape index (κ1) is 30.1. The minimum absolute atomic E-state index is 0.0647. The highest BCUT2D eigenvalue weighted by atomic mass is 127. The number of amides is 2. The predicted octanol–water partition coefficient (Wildman–Crippen LogP) is 2.83. The molecule has 2 amide bonds. The van der Waals surface area contributed by atoms with Crippen LogP contribution >= 0.6 is 42.2 Å². The third-order valence-corrected chi connectivity index (χ3v) is 6.76. The zero-order valence-electron chi connectivity index (χ0n) is 18.8. The molecule has 0 saturated heterocycles. The molecule has 0 spiro atoms. The van der Waals surface area contributed by atoms with Crippen LogP contribution in [0, 0.1) is 5.41 Å². The van der Waals surface area contributed by atoms with Crippen molar-refractivity contribution in [3.05, 3.63) is 0 Å². The van der Waals surface area contributed by atoms with Crippen LogP contribution in [0.1, 0.15) is 54.9 Å². The number of halogens is 1. The Labute approximate surface area is 197 Å². The number of nitrogens with one attached hydrogen (secondary N) is 2. The van der Waals surface area contributed by atoms with Crippen molar-refractivity contribution in [2.24, 2.45) is 5.41 Å². The van der Waals surface area contributed by atoms with E-state index in [4.69, 9.17) is 9.05 Å². The second-order valence-electron chi connectivity index (χ2n) is 8.94. The fraction of sp³-hybridized carbons (Fsp3) is 0.889. The lowest BCUT2D eigenvalue weighted by atomic mass is 9.87. The van der Waals surface area contributed by atoms with Gasteiger partial charge in [0.05, 0.1) is 15.0 Å². The first-order valence-electron chi connectivity index (χ1n) is 9.58. The van der Waals surface area contributed by atoms with Gasteiger partial charge in [0.1, 0.15) is 6.10 Å². The molecule has 178 valence electrons. The molecule has 0 aliphatic heterocycles. The SMILES string of the molecule is CC(C)(C)OP(=O)(O)OCC(C)(C)C(O)C(=O)NCCC(=O)NCCSC(C)(C)I. The van der Waals surface area contributed by atoms with Crippen molar-refractivity contribution in [1.29, 1.82) is 0 Å². The largest absolute Gasteiger partial charge is 0.472 e. The zero-order chi connectivity index (χ0) is 23.8. The van der Waals surface area contributed by atoms with E-state index >= 15 is 0 Å². The van der Waals surface area contributed by atoms with Crippen LogP contribution in [0.4, 0.5) is 0 Å². The maximum Gasteiger partial charge on any atom is 0.472 e. The molecule has 0 aromatic carbocycles. The van der Waals surface area contributed by atoms with E-state index in [-0.39, 0.29) is 28.2 Å². The molecule has 2 unspecified atom stereocenters. The molecular formula is C18H36IN2O7PS. The maximum absolute atomic E-state index is 12.2. The lowest BCUT2D eigenvalue weighted by Gasteiger charge is -2.31. The zero-order valence-corrected chi connectivity index (χ0v) is 22.7. The smallest absolute Gasteiger partial charge is 0.383 e. The fourth-order valence-electron chi connectivity index (χ4n) is 2.02. The number of thioether (sulfide) groups is 1. The summed E-state index contributed by atoms with van der Waals surface area (Å²) in [5.74, 6) is -0.0999. The number of hydrogen-bond donors (Lipinski definition) is 4. The Morgan fingerprint density at radius 3 is 2.17 bits per heavy atom. The van der Waals surface area contributed by atoms with Gasteiger partial charge in [0, 0.05) is 30.7 Å². The van der Waals surface area contributed by atoms with Crippen LogP contribution in [0.15, 0.2) is 0 Å². The van der Waals surface area contributed by atoms with Crippen LogP contribution in [0.3, 0.4) is 0 Å². The average molecular weight is 582 g/mol. The van der Waals surface area contributed by atoms with Crippen molar-refractivity contribution < 1.29 is 33.2 Å². The Hall–Kier alpha value is 0.0900. The van der Waals surface area contributed by atoms with Crippen molar-refractivity contribution in [3.8, 4) is 0 Å². The topological polar surface area (TPSA) is 134 Å². The van der Waals surface area contributed by atoms with E-state index in [2.05, 4.69) is 47.1 Å². The monoisotopic (exact) mass is 582 g/mol. The third kappa shape index (κ3) is 15.0. The van der Waals surface area contributed by atoms with Crippen LogP contribution in [-0.2, 0) is 23.2 Å². The molecule has 0 rings (SSSR count). The molecule has 0 saturated carbocycles. The molecule has 0 aliphatic carbocycles. The van der Waals surface area contributed by atoms with E-state index < -0.39 is 30.8 Å². The minimum Gasteiger partial charge on any atom is -0.383 e. The van der Waals surface area contributed by atoms with Gasteiger partial charge in [-0.2, -0.15) is 0 Å². The molecule has 0 radical (unpaired) electrons. The normalized spacial score (nSPS) is 15.9. The van der Waals surface area contributed by atoms with Gasteiger partial charge in [-0.25, -0.2) is 4.57 Å². The Kier molecular flexibility index (Phi) is 12.4.